The molecule has 0 bridgehead atoms. The van der Waals surface area contributed by atoms with Crippen LogP contribution in [0.1, 0.15) is 50.5 Å². The monoisotopic (exact) mass is 453 g/mol. The Bertz CT molecular complexity index is 962. The minimum Gasteiger partial charge on any atom is -0.461 e. The number of esters is 1. The fourth-order valence-electron chi connectivity index (χ4n) is 4.81. The summed E-state index contributed by atoms with van der Waals surface area (Å²) in [5.41, 5.74) is 0.962. The van der Waals surface area contributed by atoms with Crippen LogP contribution >= 0.6 is 7.52 Å². The van der Waals surface area contributed by atoms with Crippen molar-refractivity contribution >= 4 is 18.8 Å². The maximum atomic E-state index is 13.9. The number of hydrogen-bond acceptors (Lipinski definition) is 3. The maximum absolute atomic E-state index is 13.9. The van der Waals surface area contributed by atoms with E-state index >= 15 is 0 Å². The largest absolute Gasteiger partial charge is 0.461 e. The van der Waals surface area contributed by atoms with Crippen molar-refractivity contribution in [2.24, 2.45) is 5.92 Å². The molecule has 0 aromatic heterocycles. The predicted molar refractivity (Wildman–Crippen MR) is 127 cm³/mol. The summed E-state index contributed by atoms with van der Waals surface area (Å²) in [7, 11) is -3.87. The van der Waals surface area contributed by atoms with Crippen molar-refractivity contribution in [1.29, 1.82) is 0 Å². The highest BCUT2D eigenvalue weighted by Crippen LogP contribution is 2.49. The molecule has 2 aromatic carbocycles. The number of nitrogens with zero attached hydrogens (tertiary/aromatic N) is 1. The lowest BCUT2D eigenvalue weighted by atomic mass is 9.92. The number of ether oxygens (including phenoxy) is 1. The van der Waals surface area contributed by atoms with Crippen LogP contribution in [0.5, 0.6) is 0 Å². The lowest BCUT2D eigenvalue weighted by Gasteiger charge is -2.41. The number of benzene rings is 2. The predicted octanol–water partition coefficient (Wildman–Crippen LogP) is 5.21. The van der Waals surface area contributed by atoms with Gasteiger partial charge < -0.3 is 9.63 Å². The fourth-order valence-corrected chi connectivity index (χ4v) is 6.69. The van der Waals surface area contributed by atoms with Crippen LogP contribution in [0, 0.1) is 5.92 Å². The molecule has 0 spiro atoms. The Labute approximate surface area is 190 Å². The van der Waals surface area contributed by atoms with Crippen LogP contribution in [0.4, 0.5) is 0 Å². The SMILES string of the molecule is O=C(C[C@H]1C=CCC1)O[C@H]1CCCC[C@@H]1N(Cc1ccccc1)P(=O)(O)c1ccccc1. The van der Waals surface area contributed by atoms with Crippen LogP contribution in [-0.4, -0.2) is 27.7 Å². The van der Waals surface area contributed by atoms with Gasteiger partial charge in [0.05, 0.1) is 17.8 Å². The van der Waals surface area contributed by atoms with E-state index in [1.165, 1.54) is 0 Å². The van der Waals surface area contributed by atoms with Crippen molar-refractivity contribution in [2.75, 3.05) is 0 Å². The van der Waals surface area contributed by atoms with Crippen molar-refractivity contribution in [3.05, 3.63) is 78.4 Å². The highest BCUT2D eigenvalue weighted by Gasteiger charge is 2.42. The first-order valence-electron chi connectivity index (χ1n) is 11.6. The van der Waals surface area contributed by atoms with Gasteiger partial charge in [0.15, 0.2) is 0 Å². The molecule has 5 nitrogen and oxygen atoms in total. The second-order valence-electron chi connectivity index (χ2n) is 8.81. The van der Waals surface area contributed by atoms with E-state index in [1.54, 1.807) is 28.9 Å². The number of rotatable bonds is 8. The molecular weight excluding hydrogens is 421 g/mol. The Balaban J connectivity index is 1.59. The van der Waals surface area contributed by atoms with E-state index in [-0.39, 0.29) is 24.0 Å². The minimum atomic E-state index is -3.87. The molecular formula is C26H32NO4P. The Kier molecular flexibility index (Phi) is 7.62. The van der Waals surface area contributed by atoms with Crippen LogP contribution in [0.15, 0.2) is 72.8 Å². The summed E-state index contributed by atoms with van der Waals surface area (Å²) in [5.74, 6) is 0.0452. The summed E-state index contributed by atoms with van der Waals surface area (Å²) < 4.78 is 21.5. The van der Waals surface area contributed by atoms with Gasteiger partial charge in [-0.1, -0.05) is 67.1 Å². The molecule has 2 aliphatic rings. The topological polar surface area (TPSA) is 66.8 Å². The average Bonchev–Trinajstić information content (AvgIpc) is 3.32. The van der Waals surface area contributed by atoms with E-state index in [1.807, 2.05) is 36.4 Å². The standard InChI is InChI=1S/C26H32NO4P/c28-26(19-21-11-7-8-12-21)31-25-18-10-9-17-24(25)27(20-22-13-3-1-4-14-22)32(29,30)23-15-5-2-6-16-23/h1-7,11,13-16,21,24-25H,8-10,12,17-20H2,(H,29,30)/t21-,24-,25-/m0/s1. The average molecular weight is 454 g/mol. The summed E-state index contributed by atoms with van der Waals surface area (Å²) in [6, 6.07) is 18.3. The molecule has 2 aromatic rings. The molecule has 0 amide bonds. The van der Waals surface area contributed by atoms with Gasteiger partial charge in [0.25, 0.3) is 7.52 Å². The molecule has 1 N–H and O–H groups in total. The van der Waals surface area contributed by atoms with Gasteiger partial charge in [-0.25, -0.2) is 4.67 Å². The molecule has 0 radical (unpaired) electrons. The first kappa shape index (κ1) is 23.0. The minimum absolute atomic E-state index is 0.203. The summed E-state index contributed by atoms with van der Waals surface area (Å²) in [5, 5.41) is 0.405. The van der Waals surface area contributed by atoms with Crippen LogP contribution in [0.3, 0.4) is 0 Å². The Morgan fingerprint density at radius 3 is 2.38 bits per heavy atom. The van der Waals surface area contributed by atoms with Crippen LogP contribution in [0.2, 0.25) is 0 Å². The summed E-state index contributed by atoms with van der Waals surface area (Å²) in [4.78, 5) is 24.1. The lowest BCUT2D eigenvalue weighted by molar-refractivity contribution is -0.154. The molecule has 32 heavy (non-hydrogen) atoms. The van der Waals surface area contributed by atoms with Gasteiger partial charge in [0, 0.05) is 6.54 Å². The number of hydrogen-bond donors (Lipinski definition) is 1. The molecule has 1 fully saturated rings. The Morgan fingerprint density at radius 2 is 1.69 bits per heavy atom. The third kappa shape index (κ3) is 5.58. The summed E-state index contributed by atoms with van der Waals surface area (Å²) in [6.07, 6.45) is 9.57. The fraction of sp³-hybridized carbons (Fsp3) is 0.423. The number of carbonyl (C=O) groups excluding carboxylic acids is 1. The van der Waals surface area contributed by atoms with Gasteiger partial charge in [-0.05, 0) is 55.7 Å². The maximum Gasteiger partial charge on any atom is 0.306 e. The zero-order valence-electron chi connectivity index (χ0n) is 18.4. The third-order valence-corrected chi connectivity index (χ3v) is 8.61. The molecule has 1 saturated carbocycles. The van der Waals surface area contributed by atoms with E-state index in [0.29, 0.717) is 18.3 Å². The summed E-state index contributed by atoms with van der Waals surface area (Å²) in [6.45, 7) is 0.327. The molecule has 4 atom stereocenters. The molecule has 0 aliphatic heterocycles. The molecule has 0 saturated heterocycles. The molecule has 0 heterocycles. The second-order valence-corrected chi connectivity index (χ2v) is 10.9. The van der Waals surface area contributed by atoms with E-state index in [2.05, 4.69) is 12.2 Å². The first-order valence-corrected chi connectivity index (χ1v) is 13.2. The first-order chi connectivity index (χ1) is 15.5. The van der Waals surface area contributed by atoms with Crippen LogP contribution < -0.4 is 5.30 Å². The van der Waals surface area contributed by atoms with Gasteiger partial charge in [0.1, 0.15) is 6.10 Å². The second kappa shape index (κ2) is 10.6. The van der Waals surface area contributed by atoms with E-state index in [9.17, 15) is 14.3 Å². The van der Waals surface area contributed by atoms with Crippen molar-refractivity contribution in [1.82, 2.24) is 4.67 Å². The smallest absolute Gasteiger partial charge is 0.306 e. The third-order valence-electron chi connectivity index (χ3n) is 6.50. The zero-order chi connectivity index (χ0) is 22.4. The number of allylic oxidation sites excluding steroid dienone is 2. The molecule has 6 heteroatoms. The quantitative estimate of drug-likeness (QED) is 0.338. The Morgan fingerprint density at radius 1 is 1.00 bits per heavy atom. The van der Waals surface area contributed by atoms with Crippen LogP contribution in [0.25, 0.3) is 0 Å². The molecule has 4 rings (SSSR count). The zero-order valence-corrected chi connectivity index (χ0v) is 19.3. The Hall–Kier alpha value is -2.20. The van der Waals surface area contributed by atoms with Crippen LogP contribution in [-0.2, 0) is 20.6 Å². The number of carbonyl (C=O) groups is 1. The van der Waals surface area contributed by atoms with Gasteiger partial charge in [-0.15, -0.1) is 0 Å². The van der Waals surface area contributed by atoms with Gasteiger partial charge in [0.2, 0.25) is 0 Å². The highest BCUT2D eigenvalue weighted by molar-refractivity contribution is 7.63. The lowest BCUT2D eigenvalue weighted by Crippen LogP contribution is -2.46. The van der Waals surface area contributed by atoms with E-state index < -0.39 is 7.52 Å². The molecule has 170 valence electrons. The van der Waals surface area contributed by atoms with E-state index in [0.717, 1.165) is 44.1 Å². The normalized spacial score (nSPS) is 24.9. The van der Waals surface area contributed by atoms with E-state index in [4.69, 9.17) is 4.74 Å². The van der Waals surface area contributed by atoms with Gasteiger partial charge in [-0.3, -0.25) is 9.36 Å². The van der Waals surface area contributed by atoms with Gasteiger partial charge >= 0.3 is 5.97 Å². The van der Waals surface area contributed by atoms with Gasteiger partial charge in [-0.2, -0.15) is 0 Å². The van der Waals surface area contributed by atoms with Crippen molar-refractivity contribution in [3.8, 4) is 0 Å². The highest BCUT2D eigenvalue weighted by atomic mass is 31.2. The van der Waals surface area contributed by atoms with Crippen molar-refractivity contribution < 1.29 is 19.0 Å². The van der Waals surface area contributed by atoms with Crippen molar-refractivity contribution in [3.63, 3.8) is 0 Å². The molecule has 1 unspecified atom stereocenters. The summed E-state index contributed by atoms with van der Waals surface area (Å²) >= 11 is 0. The van der Waals surface area contributed by atoms with Crippen molar-refractivity contribution in [2.45, 2.75) is 63.6 Å². The molecule has 2 aliphatic carbocycles.